The monoisotopic (exact) mass is 402 g/mol. The second-order valence-electron chi connectivity index (χ2n) is 5.83. The number of carbonyl (C=O) groups excluding carboxylic acids is 2. The van der Waals surface area contributed by atoms with E-state index in [0.717, 1.165) is 5.56 Å². The Bertz CT molecular complexity index is 942. The molecule has 0 radical (unpaired) electrons. The SMILES string of the molecule is CCOc1ccc(/C=C/C(=O)Nc2cc3c(cc2Cl)NC(=O)CO3)cc1OC. The van der Waals surface area contributed by atoms with Crippen LogP contribution >= 0.6 is 11.6 Å². The van der Waals surface area contributed by atoms with Gasteiger partial charge in [0.1, 0.15) is 5.75 Å². The topological polar surface area (TPSA) is 85.9 Å². The number of carbonyl (C=O) groups is 2. The van der Waals surface area contributed by atoms with Gasteiger partial charge >= 0.3 is 0 Å². The highest BCUT2D eigenvalue weighted by Gasteiger charge is 2.18. The highest BCUT2D eigenvalue weighted by atomic mass is 35.5. The third-order valence-corrected chi connectivity index (χ3v) is 4.19. The van der Waals surface area contributed by atoms with Crippen LogP contribution in [0.15, 0.2) is 36.4 Å². The molecular weight excluding hydrogens is 384 g/mol. The number of fused-ring (bicyclic) bond motifs is 1. The fourth-order valence-electron chi connectivity index (χ4n) is 2.60. The van der Waals surface area contributed by atoms with Crippen molar-refractivity contribution in [2.24, 2.45) is 0 Å². The van der Waals surface area contributed by atoms with Crippen LogP contribution in [0.5, 0.6) is 17.2 Å². The number of anilines is 2. The molecule has 0 aliphatic carbocycles. The van der Waals surface area contributed by atoms with Crippen LogP contribution in [-0.2, 0) is 9.59 Å². The first-order valence-electron chi connectivity index (χ1n) is 8.56. The van der Waals surface area contributed by atoms with Crippen LogP contribution in [0.2, 0.25) is 5.02 Å². The number of hydrogen-bond acceptors (Lipinski definition) is 5. The molecule has 0 atom stereocenters. The van der Waals surface area contributed by atoms with Gasteiger partial charge in [-0.2, -0.15) is 0 Å². The normalized spacial score (nSPS) is 12.8. The predicted octanol–water partition coefficient (Wildman–Crippen LogP) is 3.73. The second kappa shape index (κ2) is 8.67. The van der Waals surface area contributed by atoms with E-state index in [1.807, 2.05) is 13.0 Å². The molecule has 0 saturated carbocycles. The van der Waals surface area contributed by atoms with E-state index in [4.69, 9.17) is 25.8 Å². The molecule has 28 heavy (non-hydrogen) atoms. The summed E-state index contributed by atoms with van der Waals surface area (Å²) in [6.07, 6.45) is 3.03. The van der Waals surface area contributed by atoms with Crippen molar-refractivity contribution < 1.29 is 23.8 Å². The number of ether oxygens (including phenoxy) is 3. The molecular formula is C20H19ClN2O5. The van der Waals surface area contributed by atoms with Crippen LogP contribution in [0.4, 0.5) is 11.4 Å². The van der Waals surface area contributed by atoms with Crippen LogP contribution in [0.3, 0.4) is 0 Å². The van der Waals surface area contributed by atoms with Crippen molar-refractivity contribution >= 4 is 40.9 Å². The molecule has 146 valence electrons. The van der Waals surface area contributed by atoms with E-state index in [0.29, 0.717) is 35.2 Å². The number of methoxy groups -OCH3 is 1. The molecule has 0 aromatic heterocycles. The van der Waals surface area contributed by atoms with Crippen molar-refractivity contribution in [1.29, 1.82) is 0 Å². The number of halogens is 1. The largest absolute Gasteiger partial charge is 0.493 e. The summed E-state index contributed by atoms with van der Waals surface area (Å²) in [6, 6.07) is 8.48. The van der Waals surface area contributed by atoms with Gasteiger partial charge in [-0.25, -0.2) is 0 Å². The third-order valence-electron chi connectivity index (χ3n) is 3.87. The number of benzene rings is 2. The van der Waals surface area contributed by atoms with Gasteiger partial charge in [-0.1, -0.05) is 17.7 Å². The van der Waals surface area contributed by atoms with Crippen LogP contribution in [0.25, 0.3) is 6.08 Å². The standard InChI is InChI=1S/C20H19ClN2O5/c1-3-27-16-6-4-12(8-18(16)26-2)5-7-19(24)22-14-10-17-15(9-13(14)21)23-20(25)11-28-17/h4-10H,3,11H2,1-2H3,(H,22,24)(H,23,25)/b7-5+. The summed E-state index contributed by atoms with van der Waals surface area (Å²) >= 11 is 6.18. The summed E-state index contributed by atoms with van der Waals surface area (Å²) in [5.74, 6) is 1.05. The van der Waals surface area contributed by atoms with E-state index >= 15 is 0 Å². The highest BCUT2D eigenvalue weighted by Crippen LogP contribution is 2.36. The molecule has 0 bridgehead atoms. The summed E-state index contributed by atoms with van der Waals surface area (Å²) < 4.78 is 16.1. The fourth-order valence-corrected chi connectivity index (χ4v) is 2.82. The second-order valence-corrected chi connectivity index (χ2v) is 6.24. The molecule has 0 fully saturated rings. The first-order valence-corrected chi connectivity index (χ1v) is 8.94. The molecule has 1 aliphatic rings. The zero-order valence-corrected chi connectivity index (χ0v) is 16.1. The lowest BCUT2D eigenvalue weighted by molar-refractivity contribution is -0.118. The van der Waals surface area contributed by atoms with Crippen molar-refractivity contribution in [2.75, 3.05) is 31.0 Å². The smallest absolute Gasteiger partial charge is 0.262 e. The lowest BCUT2D eigenvalue weighted by Crippen LogP contribution is -2.25. The van der Waals surface area contributed by atoms with Gasteiger partial charge in [0.25, 0.3) is 5.91 Å². The Hall–Kier alpha value is -3.19. The molecule has 2 aromatic carbocycles. The Balaban J connectivity index is 1.71. The summed E-state index contributed by atoms with van der Waals surface area (Å²) in [4.78, 5) is 23.6. The maximum Gasteiger partial charge on any atom is 0.262 e. The Labute approximate surface area is 167 Å². The predicted molar refractivity (Wildman–Crippen MR) is 107 cm³/mol. The molecule has 2 amide bonds. The van der Waals surface area contributed by atoms with Crippen molar-refractivity contribution in [3.8, 4) is 17.2 Å². The molecule has 3 rings (SSSR count). The highest BCUT2D eigenvalue weighted by molar-refractivity contribution is 6.34. The van der Waals surface area contributed by atoms with Gasteiger partial charge in [0, 0.05) is 12.1 Å². The van der Waals surface area contributed by atoms with Crippen LogP contribution in [0.1, 0.15) is 12.5 Å². The molecule has 0 saturated heterocycles. The molecule has 7 nitrogen and oxygen atoms in total. The Morgan fingerprint density at radius 3 is 2.89 bits per heavy atom. The molecule has 0 unspecified atom stereocenters. The number of hydrogen-bond donors (Lipinski definition) is 2. The molecule has 2 N–H and O–H groups in total. The fraction of sp³-hybridized carbons (Fsp3) is 0.200. The molecule has 2 aromatic rings. The number of rotatable bonds is 6. The van der Waals surface area contributed by atoms with Gasteiger partial charge < -0.3 is 24.8 Å². The van der Waals surface area contributed by atoms with E-state index in [9.17, 15) is 9.59 Å². The molecule has 1 aliphatic heterocycles. The minimum Gasteiger partial charge on any atom is -0.493 e. The van der Waals surface area contributed by atoms with Gasteiger partial charge in [-0.3, -0.25) is 9.59 Å². The summed E-state index contributed by atoms with van der Waals surface area (Å²) in [7, 11) is 1.56. The zero-order chi connectivity index (χ0) is 20.1. The zero-order valence-electron chi connectivity index (χ0n) is 15.4. The number of nitrogens with one attached hydrogen (secondary N) is 2. The molecule has 0 spiro atoms. The van der Waals surface area contributed by atoms with Gasteiger partial charge in [0.2, 0.25) is 5.91 Å². The van der Waals surface area contributed by atoms with Crippen molar-refractivity contribution in [1.82, 2.24) is 0 Å². The van der Waals surface area contributed by atoms with E-state index in [2.05, 4.69) is 10.6 Å². The Morgan fingerprint density at radius 1 is 1.32 bits per heavy atom. The Kier molecular flexibility index (Phi) is 6.06. The maximum absolute atomic E-state index is 12.3. The van der Waals surface area contributed by atoms with E-state index in [1.54, 1.807) is 31.4 Å². The van der Waals surface area contributed by atoms with Crippen LogP contribution in [0, 0.1) is 0 Å². The van der Waals surface area contributed by atoms with Crippen molar-refractivity contribution in [3.05, 3.63) is 47.0 Å². The van der Waals surface area contributed by atoms with Crippen LogP contribution in [-0.4, -0.2) is 32.1 Å². The first-order chi connectivity index (χ1) is 13.5. The lowest BCUT2D eigenvalue weighted by atomic mass is 10.2. The van der Waals surface area contributed by atoms with E-state index in [-0.39, 0.29) is 23.4 Å². The molecule has 1 heterocycles. The summed E-state index contributed by atoms with van der Waals surface area (Å²) in [6.45, 7) is 2.34. The average molecular weight is 403 g/mol. The van der Waals surface area contributed by atoms with Crippen molar-refractivity contribution in [2.45, 2.75) is 6.92 Å². The van der Waals surface area contributed by atoms with E-state index in [1.165, 1.54) is 12.1 Å². The first kappa shape index (κ1) is 19.6. The van der Waals surface area contributed by atoms with E-state index < -0.39 is 0 Å². The number of amides is 2. The van der Waals surface area contributed by atoms with Gasteiger partial charge in [-0.05, 0) is 36.8 Å². The quantitative estimate of drug-likeness (QED) is 0.719. The minimum atomic E-state index is -0.366. The van der Waals surface area contributed by atoms with Crippen molar-refractivity contribution in [3.63, 3.8) is 0 Å². The van der Waals surface area contributed by atoms with Gasteiger partial charge in [0.15, 0.2) is 18.1 Å². The van der Waals surface area contributed by atoms with Gasteiger partial charge in [-0.15, -0.1) is 0 Å². The Morgan fingerprint density at radius 2 is 2.14 bits per heavy atom. The maximum atomic E-state index is 12.3. The minimum absolute atomic E-state index is 0.0818. The summed E-state index contributed by atoms with van der Waals surface area (Å²) in [5.41, 5.74) is 1.63. The molecule has 8 heteroatoms. The third kappa shape index (κ3) is 4.55. The van der Waals surface area contributed by atoms with Gasteiger partial charge in [0.05, 0.1) is 30.1 Å². The average Bonchev–Trinajstić information content (AvgIpc) is 2.68. The summed E-state index contributed by atoms with van der Waals surface area (Å²) in [5, 5.41) is 5.64. The van der Waals surface area contributed by atoms with Crippen LogP contribution < -0.4 is 24.8 Å². The lowest BCUT2D eigenvalue weighted by Gasteiger charge is -2.19.